The van der Waals surface area contributed by atoms with Crippen LogP contribution in [0.25, 0.3) is 0 Å². The van der Waals surface area contributed by atoms with Crippen LogP contribution >= 0.6 is 0 Å². The first-order valence-electron chi connectivity index (χ1n) is 4.54. The highest BCUT2D eigenvalue weighted by Crippen LogP contribution is 2.22. The molecule has 0 aromatic heterocycles. The summed E-state index contributed by atoms with van der Waals surface area (Å²) in [5.41, 5.74) is 6.57. The SMILES string of the molecule is C[C@@H]([C@H](O)c1cccc(N)c1)S(C)(=O)=O. The van der Waals surface area contributed by atoms with E-state index in [-0.39, 0.29) is 0 Å². The van der Waals surface area contributed by atoms with Crippen LogP contribution < -0.4 is 5.73 Å². The molecule has 1 aromatic rings. The maximum atomic E-state index is 11.2. The summed E-state index contributed by atoms with van der Waals surface area (Å²) in [6.07, 6.45) is 0.0659. The molecule has 0 radical (unpaired) electrons. The minimum atomic E-state index is -3.25. The largest absolute Gasteiger partial charge is 0.399 e. The Morgan fingerprint density at radius 2 is 2.00 bits per heavy atom. The number of sulfone groups is 1. The van der Waals surface area contributed by atoms with E-state index in [0.717, 1.165) is 6.26 Å². The van der Waals surface area contributed by atoms with Gasteiger partial charge in [-0.05, 0) is 24.6 Å². The first-order valence-corrected chi connectivity index (χ1v) is 6.50. The molecule has 1 rings (SSSR count). The molecule has 0 aliphatic heterocycles. The van der Waals surface area contributed by atoms with Crippen LogP contribution in [0.3, 0.4) is 0 Å². The maximum absolute atomic E-state index is 11.2. The number of benzene rings is 1. The van der Waals surface area contributed by atoms with Gasteiger partial charge in [0, 0.05) is 11.9 Å². The summed E-state index contributed by atoms with van der Waals surface area (Å²) >= 11 is 0. The lowest BCUT2D eigenvalue weighted by Crippen LogP contribution is -2.24. The van der Waals surface area contributed by atoms with E-state index in [4.69, 9.17) is 5.73 Å². The van der Waals surface area contributed by atoms with Crippen molar-refractivity contribution in [3.63, 3.8) is 0 Å². The topological polar surface area (TPSA) is 80.4 Å². The van der Waals surface area contributed by atoms with Crippen molar-refractivity contribution in [3.8, 4) is 0 Å². The van der Waals surface area contributed by atoms with E-state index in [0.29, 0.717) is 11.3 Å². The van der Waals surface area contributed by atoms with E-state index in [1.54, 1.807) is 24.3 Å². The smallest absolute Gasteiger partial charge is 0.152 e. The van der Waals surface area contributed by atoms with Crippen molar-refractivity contribution in [2.45, 2.75) is 18.3 Å². The third-order valence-corrected chi connectivity index (χ3v) is 3.98. The van der Waals surface area contributed by atoms with Gasteiger partial charge in [0.1, 0.15) is 0 Å². The molecule has 4 nitrogen and oxygen atoms in total. The Morgan fingerprint density at radius 1 is 1.40 bits per heavy atom. The van der Waals surface area contributed by atoms with Crippen molar-refractivity contribution in [1.29, 1.82) is 0 Å². The van der Waals surface area contributed by atoms with E-state index in [1.807, 2.05) is 0 Å². The molecule has 3 N–H and O–H groups in total. The van der Waals surface area contributed by atoms with Gasteiger partial charge in [-0.2, -0.15) is 0 Å². The molecule has 15 heavy (non-hydrogen) atoms. The van der Waals surface area contributed by atoms with Gasteiger partial charge in [0.15, 0.2) is 9.84 Å². The summed E-state index contributed by atoms with van der Waals surface area (Å²) in [4.78, 5) is 0. The van der Waals surface area contributed by atoms with Crippen LogP contribution in [0.5, 0.6) is 0 Å². The quantitative estimate of drug-likeness (QED) is 0.749. The monoisotopic (exact) mass is 229 g/mol. The number of anilines is 1. The first-order chi connectivity index (χ1) is 6.82. The zero-order valence-corrected chi connectivity index (χ0v) is 9.53. The minimum absolute atomic E-state index is 0.507. The predicted molar refractivity (Wildman–Crippen MR) is 60.1 cm³/mol. The zero-order valence-electron chi connectivity index (χ0n) is 8.71. The molecule has 0 bridgehead atoms. The molecule has 0 spiro atoms. The lowest BCUT2D eigenvalue weighted by molar-refractivity contribution is 0.176. The standard InChI is InChI=1S/C10H15NO3S/c1-7(15(2,13)14)10(12)8-4-3-5-9(11)6-8/h3-7,10,12H,11H2,1-2H3/t7-,10-/m0/s1. The second-order valence-electron chi connectivity index (χ2n) is 3.65. The summed E-state index contributed by atoms with van der Waals surface area (Å²) in [6.45, 7) is 1.48. The number of rotatable bonds is 3. The van der Waals surface area contributed by atoms with Gasteiger partial charge >= 0.3 is 0 Å². The van der Waals surface area contributed by atoms with Crippen LogP contribution in [0.4, 0.5) is 5.69 Å². The maximum Gasteiger partial charge on any atom is 0.152 e. The van der Waals surface area contributed by atoms with Crippen LogP contribution in [0.15, 0.2) is 24.3 Å². The van der Waals surface area contributed by atoms with Gasteiger partial charge in [-0.1, -0.05) is 12.1 Å². The van der Waals surface area contributed by atoms with Gasteiger partial charge in [0.25, 0.3) is 0 Å². The highest BCUT2D eigenvalue weighted by Gasteiger charge is 2.25. The van der Waals surface area contributed by atoms with E-state index < -0.39 is 21.2 Å². The fourth-order valence-electron chi connectivity index (χ4n) is 1.25. The molecule has 0 aliphatic rings. The second-order valence-corrected chi connectivity index (χ2v) is 6.05. The molecule has 0 unspecified atom stereocenters. The first kappa shape index (κ1) is 12.0. The molecule has 2 atom stereocenters. The molecular formula is C10H15NO3S. The third kappa shape index (κ3) is 2.94. The van der Waals surface area contributed by atoms with Crippen molar-refractivity contribution in [1.82, 2.24) is 0 Å². The third-order valence-electron chi connectivity index (χ3n) is 2.37. The number of aliphatic hydroxyl groups is 1. The molecule has 1 aromatic carbocycles. The van der Waals surface area contributed by atoms with E-state index in [9.17, 15) is 13.5 Å². The molecule has 0 saturated heterocycles. The van der Waals surface area contributed by atoms with Crippen molar-refractivity contribution in [2.24, 2.45) is 0 Å². The number of aliphatic hydroxyl groups excluding tert-OH is 1. The lowest BCUT2D eigenvalue weighted by atomic mass is 10.1. The molecule has 0 heterocycles. The normalized spacial score (nSPS) is 15.9. The average molecular weight is 229 g/mol. The fourth-order valence-corrected chi connectivity index (χ4v) is 1.87. The van der Waals surface area contributed by atoms with Crippen molar-refractivity contribution in [2.75, 3.05) is 12.0 Å². The Bertz CT molecular complexity index is 442. The Hall–Kier alpha value is -1.07. The van der Waals surface area contributed by atoms with Crippen LogP contribution in [0.1, 0.15) is 18.6 Å². The summed E-state index contributed by atoms with van der Waals surface area (Å²) in [5.74, 6) is 0. The highest BCUT2D eigenvalue weighted by molar-refractivity contribution is 7.91. The number of nitrogens with two attached hydrogens (primary N) is 1. The van der Waals surface area contributed by atoms with E-state index in [2.05, 4.69) is 0 Å². The molecule has 84 valence electrons. The van der Waals surface area contributed by atoms with E-state index in [1.165, 1.54) is 6.92 Å². The lowest BCUT2D eigenvalue weighted by Gasteiger charge is -2.17. The zero-order chi connectivity index (χ0) is 11.6. The highest BCUT2D eigenvalue weighted by atomic mass is 32.2. The molecule has 5 heteroatoms. The van der Waals surface area contributed by atoms with Crippen molar-refractivity contribution >= 4 is 15.5 Å². The van der Waals surface area contributed by atoms with Crippen molar-refractivity contribution < 1.29 is 13.5 Å². The molecule has 0 saturated carbocycles. The van der Waals surface area contributed by atoms with Crippen molar-refractivity contribution in [3.05, 3.63) is 29.8 Å². The Labute approximate surface area is 89.7 Å². The van der Waals surface area contributed by atoms with Gasteiger partial charge in [-0.25, -0.2) is 8.42 Å². The van der Waals surface area contributed by atoms with Gasteiger partial charge in [-0.15, -0.1) is 0 Å². The summed E-state index contributed by atoms with van der Waals surface area (Å²) < 4.78 is 22.5. The van der Waals surface area contributed by atoms with Crippen LogP contribution in [0.2, 0.25) is 0 Å². The molecule has 0 aliphatic carbocycles. The number of hydrogen-bond donors (Lipinski definition) is 2. The van der Waals surface area contributed by atoms with Gasteiger partial charge in [0.05, 0.1) is 11.4 Å². The molecule has 0 fully saturated rings. The summed E-state index contributed by atoms with van der Waals surface area (Å²) in [5, 5.41) is 8.98. The predicted octanol–water partition coefficient (Wildman–Crippen LogP) is 0.735. The Balaban J connectivity index is 3.00. The number of hydrogen-bond acceptors (Lipinski definition) is 4. The Morgan fingerprint density at radius 3 is 2.47 bits per heavy atom. The summed E-state index contributed by atoms with van der Waals surface area (Å²) in [6, 6.07) is 6.60. The average Bonchev–Trinajstić information content (AvgIpc) is 2.14. The number of nitrogen functional groups attached to an aromatic ring is 1. The van der Waals surface area contributed by atoms with Crippen LogP contribution in [-0.4, -0.2) is 25.0 Å². The Kier molecular flexibility index (Phi) is 3.36. The molecule has 0 amide bonds. The van der Waals surface area contributed by atoms with Gasteiger partial charge < -0.3 is 10.8 Å². The molecular weight excluding hydrogens is 214 g/mol. The van der Waals surface area contributed by atoms with Crippen LogP contribution in [-0.2, 0) is 9.84 Å². The second kappa shape index (κ2) is 4.20. The van der Waals surface area contributed by atoms with Crippen LogP contribution in [0, 0.1) is 0 Å². The van der Waals surface area contributed by atoms with Gasteiger partial charge in [-0.3, -0.25) is 0 Å². The summed E-state index contributed by atoms with van der Waals surface area (Å²) in [7, 11) is -3.25. The van der Waals surface area contributed by atoms with Gasteiger partial charge in [0.2, 0.25) is 0 Å². The minimum Gasteiger partial charge on any atom is -0.399 e. The fraction of sp³-hybridized carbons (Fsp3) is 0.400. The van der Waals surface area contributed by atoms with E-state index >= 15 is 0 Å².